The van der Waals surface area contributed by atoms with E-state index in [2.05, 4.69) is 5.32 Å². The van der Waals surface area contributed by atoms with E-state index in [1.54, 1.807) is 33.5 Å². The number of para-hydroxylation sites is 1. The summed E-state index contributed by atoms with van der Waals surface area (Å²) in [5.74, 6) is -0.466. The number of hydrogen-bond acceptors (Lipinski definition) is 3. The highest BCUT2D eigenvalue weighted by molar-refractivity contribution is 5.94. The maximum atomic E-state index is 13.0. The summed E-state index contributed by atoms with van der Waals surface area (Å²) >= 11 is 0. The van der Waals surface area contributed by atoms with Crippen LogP contribution in [0.5, 0.6) is 0 Å². The van der Waals surface area contributed by atoms with Crippen molar-refractivity contribution < 1.29 is 9.59 Å². The number of rotatable bonds is 5. The fourth-order valence-corrected chi connectivity index (χ4v) is 4.14. The second-order valence-electron chi connectivity index (χ2n) is 8.27. The monoisotopic (exact) mass is 444 g/mol. The average Bonchev–Trinajstić information content (AvgIpc) is 3.06. The Labute approximate surface area is 192 Å². The Kier molecular flexibility index (Phi) is 6.58. The fraction of sp³-hybridized carbons (Fsp3) is 0.269. The van der Waals surface area contributed by atoms with Crippen molar-refractivity contribution in [2.24, 2.45) is 13.0 Å². The molecular formula is C26H28N4O3. The van der Waals surface area contributed by atoms with Gasteiger partial charge in [0.25, 0.3) is 5.56 Å². The Bertz CT molecular complexity index is 1220. The van der Waals surface area contributed by atoms with Crippen LogP contribution in [0.15, 0.2) is 71.5 Å². The molecule has 33 heavy (non-hydrogen) atoms. The number of piperidine rings is 1. The van der Waals surface area contributed by atoms with Gasteiger partial charge in [-0.2, -0.15) is 0 Å². The van der Waals surface area contributed by atoms with Gasteiger partial charge in [0.1, 0.15) is 5.69 Å². The molecule has 1 N–H and O–H groups in total. The third-order valence-corrected chi connectivity index (χ3v) is 6.20. The fourth-order valence-electron chi connectivity index (χ4n) is 4.14. The molecule has 1 aromatic heterocycles. The van der Waals surface area contributed by atoms with Crippen LogP contribution in [0, 0.1) is 12.8 Å². The van der Waals surface area contributed by atoms with Gasteiger partial charge in [-0.1, -0.05) is 48.5 Å². The van der Waals surface area contributed by atoms with E-state index in [1.807, 2.05) is 67.6 Å². The number of nitrogens with one attached hydrogen (secondary N) is 1. The second kappa shape index (κ2) is 9.73. The second-order valence-corrected chi connectivity index (χ2v) is 8.27. The third-order valence-electron chi connectivity index (χ3n) is 6.20. The van der Waals surface area contributed by atoms with Gasteiger partial charge in [-0.25, -0.2) is 4.68 Å². The van der Waals surface area contributed by atoms with Gasteiger partial charge in [-0.3, -0.25) is 19.1 Å². The van der Waals surface area contributed by atoms with E-state index in [0.717, 1.165) is 11.3 Å². The highest BCUT2D eigenvalue weighted by atomic mass is 16.2. The van der Waals surface area contributed by atoms with Crippen LogP contribution in [-0.4, -0.2) is 39.2 Å². The van der Waals surface area contributed by atoms with E-state index in [4.69, 9.17) is 0 Å². The molecule has 0 bridgehead atoms. The molecule has 0 saturated carbocycles. The SMILES string of the molecule is Cc1c(NC(=O)C2CCN(C(=O)/C=C/c3ccccc3)CC2)c(=O)n(-c2ccccc2)n1C. The minimum absolute atomic E-state index is 0.0534. The zero-order chi connectivity index (χ0) is 23.4. The van der Waals surface area contributed by atoms with Gasteiger partial charge in [-0.15, -0.1) is 0 Å². The summed E-state index contributed by atoms with van der Waals surface area (Å²) in [7, 11) is 1.80. The van der Waals surface area contributed by atoms with Crippen molar-refractivity contribution in [3.05, 3.63) is 88.4 Å². The Morgan fingerprint density at radius 3 is 2.21 bits per heavy atom. The normalized spacial score (nSPS) is 14.5. The largest absolute Gasteiger partial charge is 0.339 e. The number of hydrogen-bond donors (Lipinski definition) is 1. The molecule has 2 amide bonds. The number of aromatic nitrogens is 2. The number of carbonyl (C=O) groups excluding carboxylic acids is 2. The standard InChI is InChI=1S/C26H28N4O3/c1-19-24(26(33)30(28(19)2)22-11-7-4-8-12-22)27-25(32)21-15-17-29(18-16-21)23(31)14-13-20-9-5-3-6-10-20/h3-14,21H,15-18H2,1-2H3,(H,27,32)/b14-13+. The molecule has 7 heteroatoms. The van der Waals surface area contributed by atoms with Crippen molar-refractivity contribution in [1.29, 1.82) is 0 Å². The molecule has 2 heterocycles. The zero-order valence-corrected chi connectivity index (χ0v) is 18.9. The van der Waals surface area contributed by atoms with Crippen LogP contribution in [0.3, 0.4) is 0 Å². The summed E-state index contributed by atoms with van der Waals surface area (Å²) in [6.45, 7) is 2.84. The van der Waals surface area contributed by atoms with Crippen molar-refractivity contribution in [3.63, 3.8) is 0 Å². The van der Waals surface area contributed by atoms with E-state index in [1.165, 1.54) is 0 Å². The summed E-state index contributed by atoms with van der Waals surface area (Å²) in [6, 6.07) is 19.0. The maximum Gasteiger partial charge on any atom is 0.295 e. The molecular weight excluding hydrogens is 416 g/mol. The zero-order valence-electron chi connectivity index (χ0n) is 18.9. The van der Waals surface area contributed by atoms with Crippen LogP contribution in [0.1, 0.15) is 24.1 Å². The number of anilines is 1. The molecule has 0 aliphatic carbocycles. The molecule has 2 aromatic carbocycles. The summed E-state index contributed by atoms with van der Waals surface area (Å²) in [5.41, 5.74) is 2.45. The van der Waals surface area contributed by atoms with Crippen LogP contribution >= 0.6 is 0 Å². The lowest BCUT2D eigenvalue weighted by atomic mass is 9.95. The first-order valence-electron chi connectivity index (χ1n) is 11.1. The average molecular weight is 445 g/mol. The Morgan fingerprint density at radius 1 is 0.970 bits per heavy atom. The molecule has 0 radical (unpaired) electrons. The first-order chi connectivity index (χ1) is 16.0. The number of likely N-dealkylation sites (tertiary alicyclic amines) is 1. The molecule has 4 rings (SSSR count). The Morgan fingerprint density at radius 2 is 1.58 bits per heavy atom. The molecule has 1 aliphatic heterocycles. The summed E-state index contributed by atoms with van der Waals surface area (Å²) in [5, 5.41) is 2.86. The smallest absolute Gasteiger partial charge is 0.295 e. The predicted molar refractivity (Wildman–Crippen MR) is 129 cm³/mol. The van der Waals surface area contributed by atoms with Crippen LogP contribution < -0.4 is 10.9 Å². The molecule has 170 valence electrons. The number of nitrogens with zero attached hydrogens (tertiary/aromatic N) is 3. The van der Waals surface area contributed by atoms with E-state index in [-0.39, 0.29) is 23.3 Å². The summed E-state index contributed by atoms with van der Waals surface area (Å²) in [6.07, 6.45) is 4.51. The summed E-state index contributed by atoms with van der Waals surface area (Å²) in [4.78, 5) is 40.2. The quantitative estimate of drug-likeness (QED) is 0.613. The molecule has 7 nitrogen and oxygen atoms in total. The molecule has 0 atom stereocenters. The molecule has 1 saturated heterocycles. The van der Waals surface area contributed by atoms with Crippen LogP contribution in [0.2, 0.25) is 0 Å². The van der Waals surface area contributed by atoms with Crippen LogP contribution in [0.4, 0.5) is 5.69 Å². The molecule has 0 spiro atoms. The Hall–Kier alpha value is -3.87. The van der Waals surface area contributed by atoms with E-state index in [0.29, 0.717) is 37.3 Å². The third kappa shape index (κ3) is 4.82. The number of amides is 2. The van der Waals surface area contributed by atoms with Crippen molar-refractivity contribution in [1.82, 2.24) is 14.3 Å². The lowest BCUT2D eigenvalue weighted by Gasteiger charge is -2.30. The lowest BCUT2D eigenvalue weighted by molar-refractivity contribution is -0.130. The van der Waals surface area contributed by atoms with Crippen molar-refractivity contribution in [2.75, 3.05) is 18.4 Å². The lowest BCUT2D eigenvalue weighted by Crippen LogP contribution is -2.41. The maximum absolute atomic E-state index is 13.0. The van der Waals surface area contributed by atoms with E-state index < -0.39 is 0 Å². The van der Waals surface area contributed by atoms with Gasteiger partial charge in [0.2, 0.25) is 11.8 Å². The van der Waals surface area contributed by atoms with Crippen molar-refractivity contribution in [2.45, 2.75) is 19.8 Å². The van der Waals surface area contributed by atoms with Crippen molar-refractivity contribution >= 4 is 23.6 Å². The van der Waals surface area contributed by atoms with E-state index >= 15 is 0 Å². The minimum Gasteiger partial charge on any atom is -0.339 e. The first kappa shape index (κ1) is 22.3. The molecule has 0 unspecified atom stereocenters. The van der Waals surface area contributed by atoms with Gasteiger partial charge in [0.15, 0.2) is 0 Å². The number of benzene rings is 2. The summed E-state index contributed by atoms with van der Waals surface area (Å²) < 4.78 is 3.29. The van der Waals surface area contributed by atoms with Crippen molar-refractivity contribution in [3.8, 4) is 5.69 Å². The highest BCUT2D eigenvalue weighted by Gasteiger charge is 2.28. The minimum atomic E-state index is -0.256. The Balaban J connectivity index is 1.39. The first-order valence-corrected chi connectivity index (χ1v) is 11.1. The molecule has 1 aliphatic rings. The topological polar surface area (TPSA) is 76.3 Å². The van der Waals surface area contributed by atoms with Crippen LogP contribution in [-0.2, 0) is 16.6 Å². The van der Waals surface area contributed by atoms with Gasteiger partial charge >= 0.3 is 0 Å². The number of carbonyl (C=O) groups is 2. The van der Waals surface area contributed by atoms with Crippen LogP contribution in [0.25, 0.3) is 11.8 Å². The molecule has 3 aromatic rings. The van der Waals surface area contributed by atoms with E-state index in [9.17, 15) is 14.4 Å². The predicted octanol–water partition coefficient (Wildman–Crippen LogP) is 3.37. The van der Waals surface area contributed by atoms with Gasteiger partial charge in [-0.05, 0) is 43.5 Å². The highest BCUT2D eigenvalue weighted by Crippen LogP contribution is 2.21. The van der Waals surface area contributed by atoms with Gasteiger partial charge < -0.3 is 10.2 Å². The molecule has 1 fully saturated rings. The van der Waals surface area contributed by atoms with Gasteiger partial charge in [0.05, 0.1) is 11.4 Å². The van der Waals surface area contributed by atoms with Gasteiger partial charge in [0, 0.05) is 32.1 Å².